The first kappa shape index (κ1) is 8.14. The van der Waals surface area contributed by atoms with Crippen LogP contribution < -0.4 is 5.32 Å². The molecule has 0 saturated heterocycles. The zero-order valence-corrected chi connectivity index (χ0v) is 5.79. The van der Waals surface area contributed by atoms with Crippen LogP contribution in [-0.4, -0.2) is 25.2 Å². The summed E-state index contributed by atoms with van der Waals surface area (Å²) in [6, 6.07) is -0.125. The quantitative estimate of drug-likeness (QED) is 0.334. The summed E-state index contributed by atoms with van der Waals surface area (Å²) in [7, 11) is 0. The number of nitrogens with zero attached hydrogens (tertiary/aromatic N) is 1. The molecule has 0 aromatic heterocycles. The summed E-state index contributed by atoms with van der Waals surface area (Å²) in [5, 5.41) is 2.77. The molecule has 0 bridgehead atoms. The Balaban J connectivity index is 3.25. The zero-order valence-electron chi connectivity index (χ0n) is 5.79. The van der Waals surface area contributed by atoms with Crippen molar-refractivity contribution in [2.45, 2.75) is 19.9 Å². The highest BCUT2D eigenvalue weighted by Gasteiger charge is 1.89. The lowest BCUT2D eigenvalue weighted by Gasteiger charge is -1.99. The van der Waals surface area contributed by atoms with E-state index < -0.39 is 0 Å². The molecule has 0 aromatic carbocycles. The first-order valence-electron chi connectivity index (χ1n) is 3.01. The minimum atomic E-state index is -0.125. The van der Waals surface area contributed by atoms with E-state index in [2.05, 4.69) is 10.3 Å². The molecule has 3 nitrogen and oxygen atoms in total. The Morgan fingerprint density at radius 3 is 2.89 bits per heavy atom. The maximum absolute atomic E-state index is 9.97. The van der Waals surface area contributed by atoms with Crippen molar-refractivity contribution >= 4 is 12.6 Å². The predicted octanol–water partition coefficient (Wildman–Crippen LogP) is 0.212. The minimum Gasteiger partial charge on any atom is -0.367 e. The fraction of sp³-hybridized carbons (Fsp3) is 0.667. The van der Waals surface area contributed by atoms with Gasteiger partial charge in [-0.1, -0.05) is 0 Å². The molecule has 0 amide bonds. The average molecular weight is 128 g/mol. The van der Waals surface area contributed by atoms with E-state index in [4.69, 9.17) is 0 Å². The molecule has 0 aromatic rings. The van der Waals surface area contributed by atoms with Crippen LogP contribution in [0.25, 0.3) is 0 Å². The van der Waals surface area contributed by atoms with Crippen LogP contribution in [0.1, 0.15) is 13.8 Å². The Hall–Kier alpha value is -0.860. The number of aliphatic imine (C=N–C) groups is 1. The van der Waals surface area contributed by atoms with E-state index in [1.54, 1.807) is 13.3 Å². The van der Waals surface area contributed by atoms with Gasteiger partial charge in [0.25, 0.3) is 0 Å². The number of hydrogen-bond acceptors (Lipinski definition) is 2. The molecule has 1 N–H and O–H groups in total. The largest absolute Gasteiger partial charge is 0.367 e. The van der Waals surface area contributed by atoms with Gasteiger partial charge < -0.3 is 10.1 Å². The van der Waals surface area contributed by atoms with E-state index in [1.165, 1.54) is 0 Å². The van der Waals surface area contributed by atoms with Gasteiger partial charge in [0.15, 0.2) is 0 Å². The van der Waals surface area contributed by atoms with Crippen molar-refractivity contribution < 1.29 is 4.79 Å². The highest BCUT2D eigenvalue weighted by molar-refractivity contribution is 5.65. The second-order valence-corrected chi connectivity index (χ2v) is 1.72. The summed E-state index contributed by atoms with van der Waals surface area (Å²) < 4.78 is 0. The van der Waals surface area contributed by atoms with Gasteiger partial charge in [0.2, 0.25) is 0 Å². The molecule has 0 fully saturated rings. The predicted molar refractivity (Wildman–Crippen MR) is 37.7 cm³/mol. The third kappa shape index (κ3) is 5.00. The number of aldehydes is 1. The molecule has 1 unspecified atom stereocenters. The van der Waals surface area contributed by atoms with Crippen LogP contribution in [0.4, 0.5) is 0 Å². The van der Waals surface area contributed by atoms with Gasteiger partial charge in [-0.25, -0.2) is 0 Å². The minimum absolute atomic E-state index is 0.125. The van der Waals surface area contributed by atoms with Crippen LogP contribution in [0, 0.1) is 0 Å². The molecule has 0 aliphatic heterocycles. The standard InChI is InChI=1S/C6H12N2O/c1-3-7-5-8-6(2)4-9/h4-6H,3H2,1-2H3,(H,7,8). The SMILES string of the molecule is CCN=CNC(C)C=O. The number of carbonyl (C=O) groups excluding carboxylic acids is 1. The van der Waals surface area contributed by atoms with Crippen molar-refractivity contribution in [3.8, 4) is 0 Å². The molecule has 0 saturated carbocycles. The molecule has 0 radical (unpaired) electrons. The molecule has 0 heterocycles. The van der Waals surface area contributed by atoms with Gasteiger partial charge in [0.05, 0.1) is 12.4 Å². The van der Waals surface area contributed by atoms with Crippen LogP contribution in [-0.2, 0) is 4.79 Å². The van der Waals surface area contributed by atoms with E-state index in [-0.39, 0.29) is 6.04 Å². The maximum Gasteiger partial charge on any atom is 0.141 e. The smallest absolute Gasteiger partial charge is 0.141 e. The molecule has 0 rings (SSSR count). The Bertz CT molecular complexity index is 101. The van der Waals surface area contributed by atoms with Gasteiger partial charge >= 0.3 is 0 Å². The molecule has 1 atom stereocenters. The van der Waals surface area contributed by atoms with E-state index in [9.17, 15) is 4.79 Å². The fourth-order valence-electron chi connectivity index (χ4n) is 0.301. The summed E-state index contributed by atoms with van der Waals surface area (Å²) in [5.74, 6) is 0. The molecular formula is C6H12N2O. The highest BCUT2D eigenvalue weighted by atomic mass is 16.1. The lowest BCUT2D eigenvalue weighted by atomic mass is 10.4. The second kappa shape index (κ2) is 5.28. The van der Waals surface area contributed by atoms with Crippen LogP contribution in [0.2, 0.25) is 0 Å². The first-order chi connectivity index (χ1) is 4.31. The maximum atomic E-state index is 9.97. The van der Waals surface area contributed by atoms with Gasteiger partial charge in [-0.3, -0.25) is 4.99 Å². The Morgan fingerprint density at radius 2 is 2.44 bits per heavy atom. The van der Waals surface area contributed by atoms with E-state index >= 15 is 0 Å². The van der Waals surface area contributed by atoms with Crippen molar-refractivity contribution in [2.75, 3.05) is 6.54 Å². The lowest BCUT2D eigenvalue weighted by Crippen LogP contribution is -2.25. The molecule has 9 heavy (non-hydrogen) atoms. The number of hydrogen-bond donors (Lipinski definition) is 1. The molecule has 0 aliphatic rings. The topological polar surface area (TPSA) is 41.5 Å². The van der Waals surface area contributed by atoms with Gasteiger partial charge in [-0.2, -0.15) is 0 Å². The van der Waals surface area contributed by atoms with E-state index in [0.29, 0.717) is 0 Å². The number of rotatable bonds is 4. The van der Waals surface area contributed by atoms with Crippen molar-refractivity contribution in [1.82, 2.24) is 5.32 Å². The number of nitrogens with one attached hydrogen (secondary N) is 1. The first-order valence-corrected chi connectivity index (χ1v) is 3.01. The van der Waals surface area contributed by atoms with Gasteiger partial charge in [0.1, 0.15) is 6.29 Å². The van der Waals surface area contributed by atoms with Crippen LogP contribution in [0.3, 0.4) is 0 Å². The van der Waals surface area contributed by atoms with Crippen molar-refractivity contribution in [2.24, 2.45) is 4.99 Å². The monoisotopic (exact) mass is 128 g/mol. The zero-order chi connectivity index (χ0) is 7.11. The summed E-state index contributed by atoms with van der Waals surface area (Å²) in [6.07, 6.45) is 2.39. The fourth-order valence-corrected chi connectivity index (χ4v) is 0.301. The van der Waals surface area contributed by atoms with Crippen molar-refractivity contribution in [1.29, 1.82) is 0 Å². The molecule has 52 valence electrons. The van der Waals surface area contributed by atoms with Crippen molar-refractivity contribution in [3.05, 3.63) is 0 Å². The Labute approximate surface area is 55.2 Å². The average Bonchev–Trinajstić information content (AvgIpc) is 1.89. The lowest BCUT2D eigenvalue weighted by molar-refractivity contribution is -0.108. The third-order valence-electron chi connectivity index (χ3n) is 0.815. The Kier molecular flexibility index (Phi) is 4.78. The van der Waals surface area contributed by atoms with E-state index in [0.717, 1.165) is 12.8 Å². The van der Waals surface area contributed by atoms with Crippen LogP contribution in [0.5, 0.6) is 0 Å². The van der Waals surface area contributed by atoms with Gasteiger partial charge in [-0.05, 0) is 13.8 Å². The third-order valence-corrected chi connectivity index (χ3v) is 0.815. The summed E-state index contributed by atoms with van der Waals surface area (Å²) in [5.41, 5.74) is 0. The normalized spacial score (nSPS) is 13.6. The summed E-state index contributed by atoms with van der Waals surface area (Å²) >= 11 is 0. The van der Waals surface area contributed by atoms with Crippen LogP contribution in [0.15, 0.2) is 4.99 Å². The van der Waals surface area contributed by atoms with Crippen LogP contribution >= 0.6 is 0 Å². The Morgan fingerprint density at radius 1 is 1.78 bits per heavy atom. The molecule has 0 spiro atoms. The van der Waals surface area contributed by atoms with E-state index in [1.807, 2.05) is 6.92 Å². The van der Waals surface area contributed by atoms with Gasteiger partial charge in [-0.15, -0.1) is 0 Å². The van der Waals surface area contributed by atoms with Gasteiger partial charge in [0, 0.05) is 6.54 Å². The summed E-state index contributed by atoms with van der Waals surface area (Å²) in [4.78, 5) is 13.8. The second-order valence-electron chi connectivity index (χ2n) is 1.72. The molecule has 0 aliphatic carbocycles. The summed E-state index contributed by atoms with van der Waals surface area (Å²) in [6.45, 7) is 4.46. The highest BCUT2D eigenvalue weighted by Crippen LogP contribution is 1.68. The number of carbonyl (C=O) groups is 1. The molecule has 3 heteroatoms. The molecular weight excluding hydrogens is 116 g/mol. The van der Waals surface area contributed by atoms with Crippen molar-refractivity contribution in [3.63, 3.8) is 0 Å².